The molecule has 0 aromatic heterocycles. The second kappa shape index (κ2) is 5.70. The monoisotopic (exact) mass is 240 g/mol. The maximum atomic E-state index is 12.2. The summed E-state index contributed by atoms with van der Waals surface area (Å²) >= 11 is 0. The maximum absolute atomic E-state index is 12.2. The number of likely N-dealkylation sites (N-methyl/N-ethyl adjacent to an activating group) is 1. The number of amides is 2. The second-order valence-electron chi connectivity index (χ2n) is 4.44. The number of carbonyl (C=O) groups excluding carboxylic acids is 1. The topological polar surface area (TPSA) is 60.9 Å². The first-order chi connectivity index (χ1) is 7.97. The predicted molar refractivity (Wildman–Crippen MR) is 64.8 cm³/mol. The highest BCUT2D eigenvalue weighted by Gasteiger charge is 2.35. The molecule has 1 fully saturated rings. The molecule has 1 N–H and O–H groups in total. The van der Waals surface area contributed by atoms with E-state index in [1.165, 1.54) is 4.90 Å². The molecular formula is C12H20N2O3. The minimum absolute atomic E-state index is 0.194. The van der Waals surface area contributed by atoms with Crippen molar-refractivity contribution in [3.8, 4) is 0 Å². The average molecular weight is 240 g/mol. The third-order valence-electron chi connectivity index (χ3n) is 2.90. The Balaban J connectivity index is 2.73. The van der Waals surface area contributed by atoms with Gasteiger partial charge in [0.2, 0.25) is 0 Å². The first-order valence-corrected chi connectivity index (χ1v) is 5.90. The second-order valence-corrected chi connectivity index (χ2v) is 4.44. The van der Waals surface area contributed by atoms with Crippen molar-refractivity contribution in [1.82, 2.24) is 9.80 Å². The lowest BCUT2D eigenvalue weighted by Gasteiger charge is -2.29. The van der Waals surface area contributed by atoms with Crippen LogP contribution < -0.4 is 0 Å². The lowest BCUT2D eigenvalue weighted by molar-refractivity contribution is -0.141. The predicted octanol–water partition coefficient (Wildman–Crippen LogP) is 1.55. The number of carboxylic acid groups (broad SMARTS) is 1. The molecular weight excluding hydrogens is 220 g/mol. The van der Waals surface area contributed by atoms with Crippen LogP contribution in [0.15, 0.2) is 12.2 Å². The van der Waals surface area contributed by atoms with Gasteiger partial charge in [0.25, 0.3) is 0 Å². The van der Waals surface area contributed by atoms with Gasteiger partial charge in [0.05, 0.1) is 0 Å². The van der Waals surface area contributed by atoms with Gasteiger partial charge in [0, 0.05) is 19.6 Å². The van der Waals surface area contributed by atoms with Gasteiger partial charge < -0.3 is 14.9 Å². The summed E-state index contributed by atoms with van der Waals surface area (Å²) in [6.45, 7) is 9.09. The smallest absolute Gasteiger partial charge is 0.326 e. The van der Waals surface area contributed by atoms with Crippen molar-refractivity contribution in [1.29, 1.82) is 0 Å². The molecule has 0 saturated carbocycles. The van der Waals surface area contributed by atoms with Gasteiger partial charge in [-0.2, -0.15) is 0 Å². The molecule has 0 aliphatic carbocycles. The summed E-state index contributed by atoms with van der Waals surface area (Å²) in [6.07, 6.45) is 1.30. The maximum Gasteiger partial charge on any atom is 0.326 e. The van der Waals surface area contributed by atoms with Gasteiger partial charge >= 0.3 is 12.0 Å². The molecule has 1 aliphatic rings. The summed E-state index contributed by atoms with van der Waals surface area (Å²) in [5.41, 5.74) is 0.895. The molecule has 5 heteroatoms. The van der Waals surface area contributed by atoms with E-state index in [1.807, 2.05) is 13.8 Å². The summed E-state index contributed by atoms with van der Waals surface area (Å²) in [5, 5.41) is 9.04. The highest BCUT2D eigenvalue weighted by atomic mass is 16.4. The Morgan fingerprint density at radius 3 is 2.65 bits per heavy atom. The summed E-state index contributed by atoms with van der Waals surface area (Å²) in [4.78, 5) is 26.3. The van der Waals surface area contributed by atoms with Crippen molar-refractivity contribution in [2.24, 2.45) is 0 Å². The molecule has 0 spiro atoms. The van der Waals surface area contributed by atoms with Crippen molar-refractivity contribution >= 4 is 12.0 Å². The van der Waals surface area contributed by atoms with E-state index in [9.17, 15) is 9.59 Å². The van der Waals surface area contributed by atoms with Crippen molar-refractivity contribution in [2.75, 3.05) is 19.6 Å². The normalized spacial score (nSPS) is 19.2. The minimum Gasteiger partial charge on any atom is -0.480 e. The van der Waals surface area contributed by atoms with Crippen LogP contribution in [0.3, 0.4) is 0 Å². The van der Waals surface area contributed by atoms with Crippen molar-refractivity contribution < 1.29 is 14.7 Å². The first-order valence-electron chi connectivity index (χ1n) is 5.90. The van der Waals surface area contributed by atoms with Gasteiger partial charge in [-0.1, -0.05) is 12.2 Å². The highest BCUT2D eigenvalue weighted by molar-refractivity contribution is 5.83. The Hall–Kier alpha value is -1.52. The third kappa shape index (κ3) is 3.22. The Bertz CT molecular complexity index is 328. The van der Waals surface area contributed by atoms with Gasteiger partial charge in [-0.15, -0.1) is 0 Å². The number of nitrogens with zero attached hydrogens (tertiary/aromatic N) is 2. The van der Waals surface area contributed by atoms with Crippen LogP contribution >= 0.6 is 0 Å². The van der Waals surface area contributed by atoms with Crippen LogP contribution in [-0.4, -0.2) is 52.6 Å². The molecule has 2 amide bonds. The minimum atomic E-state index is -0.915. The Morgan fingerprint density at radius 1 is 1.53 bits per heavy atom. The zero-order chi connectivity index (χ0) is 13.0. The first kappa shape index (κ1) is 13.5. The van der Waals surface area contributed by atoms with E-state index in [1.54, 1.807) is 4.90 Å². The van der Waals surface area contributed by atoms with Gasteiger partial charge in [0.15, 0.2) is 0 Å². The summed E-state index contributed by atoms with van der Waals surface area (Å²) in [7, 11) is 0. The van der Waals surface area contributed by atoms with Crippen LogP contribution in [-0.2, 0) is 4.79 Å². The van der Waals surface area contributed by atoms with Crippen molar-refractivity contribution in [2.45, 2.75) is 32.7 Å². The number of aliphatic carboxylic acids is 1. The van der Waals surface area contributed by atoms with Crippen molar-refractivity contribution in [3.63, 3.8) is 0 Å². The van der Waals surface area contributed by atoms with Gasteiger partial charge in [-0.25, -0.2) is 9.59 Å². The van der Waals surface area contributed by atoms with E-state index in [0.29, 0.717) is 26.1 Å². The summed E-state index contributed by atoms with van der Waals surface area (Å²) in [6, 6.07) is -0.859. The molecule has 96 valence electrons. The molecule has 1 atom stereocenters. The molecule has 17 heavy (non-hydrogen) atoms. The van der Waals surface area contributed by atoms with E-state index >= 15 is 0 Å². The van der Waals surface area contributed by atoms with E-state index in [-0.39, 0.29) is 6.03 Å². The number of carbonyl (C=O) groups is 2. The van der Waals surface area contributed by atoms with Crippen LogP contribution in [0.2, 0.25) is 0 Å². The van der Waals surface area contributed by atoms with Crippen LogP contribution in [0.4, 0.5) is 4.79 Å². The molecule has 1 saturated heterocycles. The summed E-state index contributed by atoms with van der Waals surface area (Å²) in [5.74, 6) is -0.915. The number of rotatable bonds is 4. The Labute approximate surface area is 102 Å². The van der Waals surface area contributed by atoms with E-state index in [0.717, 1.165) is 12.0 Å². The Kier molecular flexibility index (Phi) is 4.54. The van der Waals surface area contributed by atoms with Gasteiger partial charge in [0.1, 0.15) is 6.04 Å². The number of hydrogen-bond donors (Lipinski definition) is 1. The fraction of sp³-hybridized carbons (Fsp3) is 0.667. The fourth-order valence-corrected chi connectivity index (χ4v) is 2.07. The summed E-state index contributed by atoms with van der Waals surface area (Å²) < 4.78 is 0. The van der Waals surface area contributed by atoms with Crippen molar-refractivity contribution in [3.05, 3.63) is 12.2 Å². The molecule has 5 nitrogen and oxygen atoms in total. The largest absolute Gasteiger partial charge is 0.480 e. The number of urea groups is 1. The molecule has 1 unspecified atom stereocenters. The van der Waals surface area contributed by atoms with E-state index in [2.05, 4.69) is 6.58 Å². The fourth-order valence-electron chi connectivity index (χ4n) is 2.07. The zero-order valence-corrected chi connectivity index (χ0v) is 10.5. The van der Waals surface area contributed by atoms with E-state index in [4.69, 9.17) is 5.11 Å². The van der Waals surface area contributed by atoms with Gasteiger partial charge in [-0.05, 0) is 26.7 Å². The average Bonchev–Trinajstić information content (AvgIpc) is 2.73. The quantitative estimate of drug-likeness (QED) is 0.758. The van der Waals surface area contributed by atoms with Gasteiger partial charge in [-0.3, -0.25) is 0 Å². The molecule has 0 radical (unpaired) electrons. The Morgan fingerprint density at radius 2 is 2.18 bits per heavy atom. The van der Waals surface area contributed by atoms with Crippen LogP contribution in [0.5, 0.6) is 0 Å². The molecule has 0 bridgehead atoms. The standard InChI is InChI=1S/C12H20N2O3/c1-4-13(8-9(2)3)12(17)14-7-5-6-10(14)11(15)16/h10H,2,4-8H2,1,3H3,(H,15,16). The highest BCUT2D eigenvalue weighted by Crippen LogP contribution is 2.19. The van der Waals surface area contributed by atoms with E-state index < -0.39 is 12.0 Å². The molecule has 1 rings (SSSR count). The number of likely N-dealkylation sites (tertiary alicyclic amines) is 1. The molecule has 1 aliphatic heterocycles. The molecule has 0 aromatic rings. The lowest BCUT2D eigenvalue weighted by Crippen LogP contribution is -2.48. The molecule has 0 aromatic carbocycles. The zero-order valence-electron chi connectivity index (χ0n) is 10.5. The SMILES string of the molecule is C=C(C)CN(CC)C(=O)N1CCCC1C(=O)O. The van der Waals surface area contributed by atoms with Crippen LogP contribution in [0, 0.1) is 0 Å². The van der Waals surface area contributed by atoms with Crippen LogP contribution in [0.1, 0.15) is 26.7 Å². The number of carboxylic acids is 1. The third-order valence-corrected chi connectivity index (χ3v) is 2.90. The lowest BCUT2D eigenvalue weighted by atomic mass is 10.2. The van der Waals surface area contributed by atoms with Crippen LogP contribution in [0.25, 0.3) is 0 Å². The molecule has 1 heterocycles. The number of hydrogen-bond acceptors (Lipinski definition) is 2.